The van der Waals surface area contributed by atoms with Gasteiger partial charge in [-0.1, -0.05) is 0 Å². The average molecular weight is 428 g/mol. The maximum absolute atomic E-state index is 13.3. The van der Waals surface area contributed by atoms with E-state index in [9.17, 15) is 18.8 Å². The smallest absolute Gasteiger partial charge is 0.348 e. The van der Waals surface area contributed by atoms with Crippen molar-refractivity contribution in [1.29, 1.82) is 0 Å². The molecule has 0 spiro atoms. The van der Waals surface area contributed by atoms with Crippen LogP contribution in [0.15, 0.2) is 48.5 Å². The summed E-state index contributed by atoms with van der Waals surface area (Å²) in [5, 5.41) is 3.23. The van der Waals surface area contributed by atoms with Gasteiger partial charge in [0.25, 0.3) is 11.8 Å². The van der Waals surface area contributed by atoms with Gasteiger partial charge < -0.3 is 15.0 Å². The molecule has 1 heterocycles. The zero-order chi connectivity index (χ0) is 21.7. The summed E-state index contributed by atoms with van der Waals surface area (Å²) in [7, 11) is 0. The van der Waals surface area contributed by atoms with E-state index in [1.165, 1.54) is 29.5 Å². The van der Waals surface area contributed by atoms with E-state index in [1.54, 1.807) is 35.2 Å². The summed E-state index contributed by atoms with van der Waals surface area (Å²) in [6.45, 7) is 4.60. The molecule has 156 valence electrons. The molecule has 3 rings (SSSR count). The number of esters is 1. The maximum Gasteiger partial charge on any atom is 0.348 e. The van der Waals surface area contributed by atoms with Crippen LogP contribution in [0.4, 0.5) is 10.1 Å². The Kier molecular flexibility index (Phi) is 6.79. The number of thiophene rings is 1. The highest BCUT2D eigenvalue weighted by molar-refractivity contribution is 7.20. The summed E-state index contributed by atoms with van der Waals surface area (Å²) < 4.78 is 19.1. The molecule has 1 aromatic heterocycles. The number of hydrogen-bond acceptors (Lipinski definition) is 5. The Morgan fingerprint density at radius 3 is 2.40 bits per heavy atom. The Bertz CT molecular complexity index is 1070. The minimum Gasteiger partial charge on any atom is -0.451 e. The van der Waals surface area contributed by atoms with Crippen molar-refractivity contribution in [2.45, 2.75) is 13.8 Å². The van der Waals surface area contributed by atoms with Gasteiger partial charge in [0.1, 0.15) is 10.7 Å². The number of ether oxygens (including phenoxy) is 1. The van der Waals surface area contributed by atoms with E-state index in [0.29, 0.717) is 34.6 Å². The number of rotatable bonds is 7. The van der Waals surface area contributed by atoms with Gasteiger partial charge in [-0.2, -0.15) is 0 Å². The van der Waals surface area contributed by atoms with Gasteiger partial charge in [-0.25, -0.2) is 9.18 Å². The lowest BCUT2D eigenvalue weighted by atomic mass is 10.2. The lowest BCUT2D eigenvalue weighted by molar-refractivity contribution is -0.119. The predicted molar refractivity (Wildman–Crippen MR) is 114 cm³/mol. The largest absolute Gasteiger partial charge is 0.451 e. The van der Waals surface area contributed by atoms with Gasteiger partial charge in [0.05, 0.1) is 0 Å². The van der Waals surface area contributed by atoms with Crippen molar-refractivity contribution in [1.82, 2.24) is 4.90 Å². The van der Waals surface area contributed by atoms with Gasteiger partial charge in [0.2, 0.25) is 0 Å². The molecule has 0 radical (unpaired) electrons. The fraction of sp³-hybridized carbons (Fsp3) is 0.227. The van der Waals surface area contributed by atoms with Crippen LogP contribution in [-0.4, -0.2) is 42.4 Å². The SMILES string of the molecule is CCN(CC)C(=O)c1ccc(NC(=O)COC(=O)c2cc3cc(F)ccc3s2)cc1. The highest BCUT2D eigenvalue weighted by Gasteiger charge is 2.15. The van der Waals surface area contributed by atoms with Crippen LogP contribution in [0.25, 0.3) is 10.1 Å². The maximum atomic E-state index is 13.3. The molecular formula is C22H21FN2O4S. The second-order valence-corrected chi connectivity index (χ2v) is 7.56. The lowest BCUT2D eigenvalue weighted by Gasteiger charge is -2.18. The first-order valence-electron chi connectivity index (χ1n) is 9.46. The van der Waals surface area contributed by atoms with Gasteiger partial charge >= 0.3 is 5.97 Å². The molecule has 0 aliphatic carbocycles. The Morgan fingerprint density at radius 2 is 1.73 bits per heavy atom. The topological polar surface area (TPSA) is 75.7 Å². The molecule has 3 aromatic rings. The zero-order valence-corrected chi connectivity index (χ0v) is 17.4. The number of carbonyl (C=O) groups excluding carboxylic acids is 3. The molecule has 0 unspecified atom stereocenters. The van der Waals surface area contributed by atoms with Crippen LogP contribution >= 0.6 is 11.3 Å². The first-order chi connectivity index (χ1) is 14.4. The molecule has 30 heavy (non-hydrogen) atoms. The van der Waals surface area contributed by atoms with E-state index in [0.717, 1.165) is 4.70 Å². The summed E-state index contributed by atoms with van der Waals surface area (Å²) in [5.41, 5.74) is 1.02. The number of fused-ring (bicyclic) bond motifs is 1. The number of benzene rings is 2. The van der Waals surface area contributed by atoms with Crippen LogP contribution in [0, 0.1) is 5.82 Å². The number of anilines is 1. The van der Waals surface area contributed by atoms with Crippen LogP contribution < -0.4 is 5.32 Å². The van der Waals surface area contributed by atoms with E-state index < -0.39 is 18.5 Å². The monoisotopic (exact) mass is 428 g/mol. The molecule has 2 aromatic carbocycles. The van der Waals surface area contributed by atoms with Crippen molar-refractivity contribution < 1.29 is 23.5 Å². The van der Waals surface area contributed by atoms with E-state index in [2.05, 4.69) is 5.32 Å². The molecule has 1 N–H and O–H groups in total. The zero-order valence-electron chi connectivity index (χ0n) is 16.6. The van der Waals surface area contributed by atoms with Gasteiger partial charge in [0, 0.05) is 29.0 Å². The number of carbonyl (C=O) groups is 3. The summed E-state index contributed by atoms with van der Waals surface area (Å²) in [4.78, 5) is 38.5. The molecule has 0 atom stereocenters. The fourth-order valence-electron chi connectivity index (χ4n) is 2.90. The average Bonchev–Trinajstić information content (AvgIpc) is 3.16. The molecule has 0 saturated carbocycles. The van der Waals surface area contributed by atoms with Crippen LogP contribution in [-0.2, 0) is 9.53 Å². The molecule has 0 aliphatic heterocycles. The third-order valence-corrected chi connectivity index (χ3v) is 5.58. The summed E-state index contributed by atoms with van der Waals surface area (Å²) >= 11 is 1.17. The molecule has 0 saturated heterocycles. The number of amides is 2. The summed E-state index contributed by atoms with van der Waals surface area (Å²) in [5.74, 6) is -1.61. The van der Waals surface area contributed by atoms with Crippen LogP contribution in [0.3, 0.4) is 0 Å². The summed E-state index contributed by atoms with van der Waals surface area (Å²) in [6, 6.07) is 12.3. The third kappa shape index (κ3) is 5.01. The molecular weight excluding hydrogens is 407 g/mol. The Labute approximate surface area is 177 Å². The van der Waals surface area contributed by atoms with E-state index in [4.69, 9.17) is 4.74 Å². The number of nitrogens with one attached hydrogen (secondary N) is 1. The van der Waals surface area contributed by atoms with Crippen molar-refractivity contribution in [2.75, 3.05) is 25.0 Å². The van der Waals surface area contributed by atoms with Gasteiger partial charge in [-0.15, -0.1) is 11.3 Å². The number of nitrogens with zero attached hydrogens (tertiary/aromatic N) is 1. The normalized spacial score (nSPS) is 10.6. The van der Waals surface area contributed by atoms with Crippen molar-refractivity contribution in [2.24, 2.45) is 0 Å². The van der Waals surface area contributed by atoms with Gasteiger partial charge in [0.15, 0.2) is 6.61 Å². The minimum absolute atomic E-state index is 0.0741. The number of halogens is 1. The van der Waals surface area contributed by atoms with E-state index in [-0.39, 0.29) is 11.7 Å². The van der Waals surface area contributed by atoms with Crippen LogP contribution in [0.5, 0.6) is 0 Å². The molecule has 0 fully saturated rings. The minimum atomic E-state index is -0.646. The fourth-order valence-corrected chi connectivity index (χ4v) is 3.84. The molecule has 2 amide bonds. The van der Waals surface area contributed by atoms with Crippen LogP contribution in [0.2, 0.25) is 0 Å². The van der Waals surface area contributed by atoms with E-state index >= 15 is 0 Å². The van der Waals surface area contributed by atoms with Crippen molar-refractivity contribution in [3.63, 3.8) is 0 Å². The number of hydrogen-bond donors (Lipinski definition) is 1. The Hall–Kier alpha value is -3.26. The predicted octanol–water partition coefficient (Wildman–Crippen LogP) is 4.32. The van der Waals surface area contributed by atoms with Crippen molar-refractivity contribution in [3.8, 4) is 0 Å². The Morgan fingerprint density at radius 1 is 1.03 bits per heavy atom. The third-order valence-electron chi connectivity index (χ3n) is 4.48. The second kappa shape index (κ2) is 9.49. The first-order valence-corrected chi connectivity index (χ1v) is 10.3. The first kappa shape index (κ1) is 21.4. The van der Waals surface area contributed by atoms with Gasteiger partial charge in [-0.05, 0) is 67.8 Å². The summed E-state index contributed by atoms with van der Waals surface area (Å²) in [6.07, 6.45) is 0. The standard InChI is InChI=1S/C22H21FN2O4S/c1-3-25(4-2)21(27)14-5-8-17(9-6-14)24-20(26)13-29-22(28)19-12-15-11-16(23)7-10-18(15)30-19/h5-12H,3-4,13H2,1-2H3,(H,24,26). The van der Waals surface area contributed by atoms with Gasteiger partial charge in [-0.3, -0.25) is 9.59 Å². The molecule has 0 bridgehead atoms. The highest BCUT2D eigenvalue weighted by atomic mass is 32.1. The lowest BCUT2D eigenvalue weighted by Crippen LogP contribution is -2.30. The molecule has 8 heteroatoms. The molecule has 0 aliphatic rings. The second-order valence-electron chi connectivity index (χ2n) is 6.47. The molecule has 6 nitrogen and oxygen atoms in total. The van der Waals surface area contributed by atoms with Crippen molar-refractivity contribution in [3.05, 3.63) is 64.8 Å². The van der Waals surface area contributed by atoms with Crippen LogP contribution in [0.1, 0.15) is 33.9 Å². The highest BCUT2D eigenvalue weighted by Crippen LogP contribution is 2.26. The Balaban J connectivity index is 1.54. The van der Waals surface area contributed by atoms with E-state index in [1.807, 2.05) is 13.8 Å². The van der Waals surface area contributed by atoms with Crippen molar-refractivity contribution >= 4 is 44.9 Å². The quantitative estimate of drug-likeness (QED) is 0.569.